The van der Waals surface area contributed by atoms with Gasteiger partial charge in [0.15, 0.2) is 0 Å². The van der Waals surface area contributed by atoms with Crippen molar-refractivity contribution in [3.05, 3.63) is 23.0 Å². The van der Waals surface area contributed by atoms with Gasteiger partial charge in [-0.1, -0.05) is 13.3 Å². The van der Waals surface area contributed by atoms with E-state index in [0.717, 1.165) is 50.0 Å². The normalized spacial score (nSPS) is 18.3. The molecule has 0 unspecified atom stereocenters. The zero-order chi connectivity index (χ0) is 16.1. The Morgan fingerprint density at radius 3 is 2.82 bits per heavy atom. The Labute approximate surface area is 132 Å². The Morgan fingerprint density at radius 1 is 1.41 bits per heavy atom. The smallest absolute Gasteiger partial charge is 0.270 e. The van der Waals surface area contributed by atoms with Gasteiger partial charge in [0.2, 0.25) is 5.91 Å². The van der Waals surface area contributed by atoms with Crippen molar-refractivity contribution in [2.45, 2.75) is 46.5 Å². The molecule has 5 heteroatoms. The van der Waals surface area contributed by atoms with Gasteiger partial charge in [0.25, 0.3) is 5.91 Å². The van der Waals surface area contributed by atoms with Crippen molar-refractivity contribution in [3.8, 4) is 0 Å². The minimum atomic E-state index is -0.0779. The maximum Gasteiger partial charge on any atom is 0.270 e. The molecule has 2 heterocycles. The lowest BCUT2D eigenvalue weighted by atomic mass is 9.96. The molecule has 5 nitrogen and oxygen atoms in total. The highest BCUT2D eigenvalue weighted by molar-refractivity contribution is 5.94. The molecule has 1 atom stereocenters. The number of likely N-dealkylation sites (tertiary alicyclic amines) is 1. The third-order valence-corrected chi connectivity index (χ3v) is 4.27. The first-order chi connectivity index (χ1) is 10.5. The van der Waals surface area contributed by atoms with Crippen LogP contribution < -0.4 is 5.32 Å². The summed E-state index contributed by atoms with van der Waals surface area (Å²) in [4.78, 5) is 29.8. The summed E-state index contributed by atoms with van der Waals surface area (Å²) < 4.78 is 0. The van der Waals surface area contributed by atoms with Crippen molar-refractivity contribution in [2.24, 2.45) is 5.92 Å². The summed E-state index contributed by atoms with van der Waals surface area (Å²) in [5, 5.41) is 2.98. The topological polar surface area (TPSA) is 65.2 Å². The Bertz CT molecular complexity index is 536. The summed E-state index contributed by atoms with van der Waals surface area (Å²) in [6.45, 7) is 7.98. The third kappa shape index (κ3) is 3.90. The van der Waals surface area contributed by atoms with E-state index in [1.807, 2.05) is 24.8 Å². The maximum atomic E-state index is 12.6. The Balaban J connectivity index is 1.96. The number of carbonyl (C=O) groups is 2. The minimum Gasteiger partial charge on any atom is -0.356 e. The van der Waals surface area contributed by atoms with Crippen LogP contribution in [0, 0.1) is 19.8 Å². The van der Waals surface area contributed by atoms with Crippen LogP contribution in [0.15, 0.2) is 6.07 Å². The van der Waals surface area contributed by atoms with Gasteiger partial charge in [-0.2, -0.15) is 0 Å². The molecule has 22 heavy (non-hydrogen) atoms. The van der Waals surface area contributed by atoms with Gasteiger partial charge in [0.05, 0.1) is 5.92 Å². The fourth-order valence-electron chi connectivity index (χ4n) is 3.02. The predicted molar refractivity (Wildman–Crippen MR) is 86.8 cm³/mol. The molecule has 2 rings (SSSR count). The van der Waals surface area contributed by atoms with E-state index in [0.29, 0.717) is 12.2 Å². The second-order valence-corrected chi connectivity index (χ2v) is 6.25. The van der Waals surface area contributed by atoms with Crippen molar-refractivity contribution in [2.75, 3.05) is 19.6 Å². The number of carbonyl (C=O) groups excluding carboxylic acids is 2. The standard InChI is InChI=1S/C17H27N3O2/c1-4-5-8-18-16(21)14-7-6-9-20(11-14)17(22)15-12(2)10-13(3)19-15/h10,14,19H,4-9,11H2,1-3H3,(H,18,21)/t14-/m1/s1. The Kier molecular flexibility index (Phi) is 5.63. The van der Waals surface area contributed by atoms with Crippen molar-refractivity contribution >= 4 is 11.8 Å². The van der Waals surface area contributed by atoms with Gasteiger partial charge in [-0.25, -0.2) is 0 Å². The van der Waals surface area contributed by atoms with Crippen LogP contribution in [0.1, 0.15) is 54.4 Å². The molecule has 2 N–H and O–H groups in total. The lowest BCUT2D eigenvalue weighted by molar-refractivity contribution is -0.126. The number of unbranched alkanes of at least 4 members (excludes halogenated alkanes) is 1. The second kappa shape index (κ2) is 7.47. The Hall–Kier alpha value is -1.78. The van der Waals surface area contributed by atoms with Crippen LogP contribution in [0.5, 0.6) is 0 Å². The van der Waals surface area contributed by atoms with Crippen molar-refractivity contribution in [1.29, 1.82) is 0 Å². The van der Waals surface area contributed by atoms with Crippen LogP contribution in [0.2, 0.25) is 0 Å². The number of hydrogen-bond acceptors (Lipinski definition) is 2. The van der Waals surface area contributed by atoms with Crippen molar-refractivity contribution in [1.82, 2.24) is 15.2 Å². The molecule has 1 aliphatic heterocycles. The van der Waals surface area contributed by atoms with Crippen LogP contribution in [-0.2, 0) is 4.79 Å². The molecule has 0 saturated carbocycles. The van der Waals surface area contributed by atoms with E-state index >= 15 is 0 Å². The number of hydrogen-bond donors (Lipinski definition) is 2. The molecule has 0 bridgehead atoms. The molecule has 1 saturated heterocycles. The van der Waals surface area contributed by atoms with E-state index < -0.39 is 0 Å². The number of nitrogens with zero attached hydrogens (tertiary/aromatic N) is 1. The third-order valence-electron chi connectivity index (χ3n) is 4.27. The summed E-state index contributed by atoms with van der Waals surface area (Å²) in [5.74, 6) is 0.0212. The van der Waals surface area contributed by atoms with Gasteiger partial charge >= 0.3 is 0 Å². The average molecular weight is 305 g/mol. The fraction of sp³-hybridized carbons (Fsp3) is 0.647. The average Bonchev–Trinajstić information content (AvgIpc) is 2.85. The number of nitrogens with one attached hydrogen (secondary N) is 2. The summed E-state index contributed by atoms with van der Waals surface area (Å²) >= 11 is 0. The number of rotatable bonds is 5. The highest BCUT2D eigenvalue weighted by atomic mass is 16.2. The first-order valence-corrected chi connectivity index (χ1v) is 8.26. The number of amides is 2. The van der Waals surface area contributed by atoms with Gasteiger partial charge in [-0.3, -0.25) is 9.59 Å². The zero-order valence-corrected chi connectivity index (χ0v) is 13.9. The number of H-pyrrole nitrogens is 1. The Morgan fingerprint density at radius 2 is 2.18 bits per heavy atom. The van der Waals surface area contributed by atoms with E-state index in [1.54, 1.807) is 0 Å². The van der Waals surface area contributed by atoms with Crippen LogP contribution in [0.4, 0.5) is 0 Å². The van der Waals surface area contributed by atoms with Gasteiger partial charge in [0, 0.05) is 25.3 Å². The van der Waals surface area contributed by atoms with E-state index in [4.69, 9.17) is 0 Å². The maximum absolute atomic E-state index is 12.6. The number of aromatic amines is 1. The first-order valence-electron chi connectivity index (χ1n) is 8.26. The molecule has 0 spiro atoms. The van der Waals surface area contributed by atoms with Gasteiger partial charge in [-0.05, 0) is 44.7 Å². The molecule has 0 aliphatic carbocycles. The molecule has 0 aromatic carbocycles. The molecule has 2 amide bonds. The summed E-state index contributed by atoms with van der Waals surface area (Å²) in [7, 11) is 0. The van der Waals surface area contributed by atoms with Gasteiger partial charge < -0.3 is 15.2 Å². The molecule has 1 aromatic rings. The molecule has 0 radical (unpaired) electrons. The van der Waals surface area contributed by atoms with Crippen molar-refractivity contribution in [3.63, 3.8) is 0 Å². The molecule has 1 aliphatic rings. The summed E-state index contributed by atoms with van der Waals surface area (Å²) in [6.07, 6.45) is 3.82. The molecule has 1 aromatic heterocycles. The largest absolute Gasteiger partial charge is 0.356 e. The van der Waals surface area contributed by atoms with Crippen LogP contribution in [-0.4, -0.2) is 41.3 Å². The highest BCUT2D eigenvalue weighted by Gasteiger charge is 2.29. The quantitative estimate of drug-likeness (QED) is 0.820. The van der Waals surface area contributed by atoms with Crippen LogP contribution in [0.25, 0.3) is 0 Å². The van der Waals surface area contributed by atoms with E-state index in [1.165, 1.54) is 0 Å². The summed E-state index contributed by atoms with van der Waals surface area (Å²) in [5.41, 5.74) is 2.62. The monoisotopic (exact) mass is 305 g/mol. The lowest BCUT2D eigenvalue weighted by Gasteiger charge is -2.32. The SMILES string of the molecule is CCCCNC(=O)[C@@H]1CCCN(C(=O)c2[nH]c(C)cc2C)C1. The molecular formula is C17H27N3O2. The minimum absolute atomic E-state index is 0.0108. The van der Waals surface area contributed by atoms with E-state index in [-0.39, 0.29) is 17.7 Å². The lowest BCUT2D eigenvalue weighted by Crippen LogP contribution is -2.45. The van der Waals surface area contributed by atoms with E-state index in [2.05, 4.69) is 17.2 Å². The number of aryl methyl sites for hydroxylation is 2. The number of aromatic nitrogens is 1. The van der Waals surface area contributed by atoms with Gasteiger partial charge in [-0.15, -0.1) is 0 Å². The predicted octanol–water partition coefficient (Wildman–Crippen LogP) is 2.40. The van der Waals surface area contributed by atoms with Gasteiger partial charge in [0.1, 0.15) is 5.69 Å². The van der Waals surface area contributed by atoms with Crippen LogP contribution in [0.3, 0.4) is 0 Å². The zero-order valence-electron chi connectivity index (χ0n) is 13.9. The highest BCUT2D eigenvalue weighted by Crippen LogP contribution is 2.20. The first kappa shape index (κ1) is 16.6. The van der Waals surface area contributed by atoms with E-state index in [9.17, 15) is 9.59 Å². The molecule has 1 fully saturated rings. The summed E-state index contributed by atoms with van der Waals surface area (Å²) in [6, 6.07) is 1.98. The number of piperidine rings is 1. The van der Waals surface area contributed by atoms with Crippen LogP contribution >= 0.6 is 0 Å². The van der Waals surface area contributed by atoms with Crippen molar-refractivity contribution < 1.29 is 9.59 Å². The molecule has 122 valence electrons. The second-order valence-electron chi connectivity index (χ2n) is 6.25. The molecular weight excluding hydrogens is 278 g/mol. The fourth-order valence-corrected chi connectivity index (χ4v) is 3.02.